The quantitative estimate of drug-likeness (QED) is 0.109. The highest BCUT2D eigenvalue weighted by molar-refractivity contribution is 14.1. The van der Waals surface area contributed by atoms with Crippen LogP contribution in [0.4, 0.5) is 0 Å². The number of methoxy groups -OCH3 is 2. The maximum atomic E-state index is 13.8. The molecule has 0 aliphatic rings. The Morgan fingerprint density at radius 1 is 1.10 bits per heavy atom. The van der Waals surface area contributed by atoms with E-state index in [0.29, 0.717) is 44.0 Å². The van der Waals surface area contributed by atoms with Crippen LogP contribution in [-0.4, -0.2) is 48.8 Å². The van der Waals surface area contributed by atoms with Crippen molar-refractivity contribution < 1.29 is 23.7 Å². The van der Waals surface area contributed by atoms with Crippen LogP contribution in [0, 0.1) is 10.5 Å². The van der Waals surface area contributed by atoms with Crippen molar-refractivity contribution in [3.63, 3.8) is 0 Å². The molecule has 0 N–H and O–H groups in total. The van der Waals surface area contributed by atoms with Gasteiger partial charge in [-0.15, -0.1) is 0 Å². The molecule has 0 aliphatic heterocycles. The number of carbonyl (C=O) groups excluding carboxylic acids is 1. The molecule has 3 aromatic carbocycles. The largest absolute Gasteiger partial charge is 0.494 e. The van der Waals surface area contributed by atoms with Gasteiger partial charge in [-0.05, 0) is 102 Å². The molecule has 0 spiro atoms. The molecule has 0 bridgehead atoms. The van der Waals surface area contributed by atoms with E-state index in [1.807, 2.05) is 44.2 Å². The van der Waals surface area contributed by atoms with Gasteiger partial charge in [0.1, 0.15) is 5.75 Å². The zero-order chi connectivity index (χ0) is 30.6. The van der Waals surface area contributed by atoms with Crippen LogP contribution in [0.15, 0.2) is 58.4 Å². The fraction of sp³-hybridized carbons (Fsp3) is 0.312. The average Bonchev–Trinajstić information content (AvgIpc) is 2.97. The topological polar surface area (TPSA) is 101 Å². The van der Waals surface area contributed by atoms with Gasteiger partial charge in [-0.3, -0.25) is 4.79 Å². The molecule has 4 aromatic rings. The number of esters is 1. The third kappa shape index (κ3) is 6.43. The second-order valence-corrected chi connectivity index (χ2v) is 11.1. The van der Waals surface area contributed by atoms with Crippen molar-refractivity contribution in [2.75, 3.05) is 20.8 Å². The Bertz CT molecular complexity index is 1710. The van der Waals surface area contributed by atoms with Gasteiger partial charge in [0, 0.05) is 5.56 Å². The minimum atomic E-state index is -0.824. The molecule has 9 nitrogen and oxygen atoms in total. The Kier molecular flexibility index (Phi) is 9.87. The van der Waals surface area contributed by atoms with Crippen molar-refractivity contribution in [3.8, 4) is 28.6 Å². The first-order chi connectivity index (χ1) is 20.1. The molecular weight excluding hydrogens is 649 g/mol. The molecule has 0 radical (unpaired) electrons. The highest BCUT2D eigenvalue weighted by Crippen LogP contribution is 2.36. The van der Waals surface area contributed by atoms with E-state index in [9.17, 15) is 9.59 Å². The summed E-state index contributed by atoms with van der Waals surface area (Å²) in [6, 6.07) is 14.8. The Balaban J connectivity index is 1.87. The number of aromatic nitrogens is 2. The number of benzene rings is 3. The monoisotopic (exact) mass is 683 g/mol. The van der Waals surface area contributed by atoms with Crippen LogP contribution in [0.25, 0.3) is 22.3 Å². The number of carbonyl (C=O) groups is 1. The summed E-state index contributed by atoms with van der Waals surface area (Å²) in [5.41, 5.74) is 3.67. The maximum absolute atomic E-state index is 13.8. The lowest BCUT2D eigenvalue weighted by molar-refractivity contribution is -0.148. The minimum absolute atomic E-state index is 0.187. The van der Waals surface area contributed by atoms with Crippen molar-refractivity contribution in [3.05, 3.63) is 79.1 Å². The molecule has 0 fully saturated rings. The number of fused-ring (bicyclic) bond motifs is 1. The van der Waals surface area contributed by atoms with Crippen LogP contribution in [0.1, 0.15) is 50.3 Å². The Hall–Kier alpha value is -3.93. The van der Waals surface area contributed by atoms with E-state index in [2.05, 4.69) is 41.5 Å². The van der Waals surface area contributed by atoms with Crippen LogP contribution < -0.4 is 19.8 Å². The lowest BCUT2D eigenvalue weighted by Gasteiger charge is -2.18. The fourth-order valence-electron chi connectivity index (χ4n) is 4.52. The standard InChI is InChI=1S/C32H34IN3O6/c1-8-41-27-13-19(4)24(16-23(27)18(2)3)30-35-26-12-10-9-11-22(26)31(37)36(30)34-17-21-14-25(33)29(28(15-21)39-6)42-20(5)32(38)40-7/h9-18,20H,8H2,1-7H3/t20-/m0/s1. The highest BCUT2D eigenvalue weighted by Gasteiger charge is 2.21. The number of hydrogen-bond acceptors (Lipinski definition) is 8. The van der Waals surface area contributed by atoms with Crippen LogP contribution in [0.5, 0.6) is 17.2 Å². The van der Waals surface area contributed by atoms with Gasteiger partial charge < -0.3 is 18.9 Å². The van der Waals surface area contributed by atoms with Gasteiger partial charge in [0.15, 0.2) is 23.4 Å². The summed E-state index contributed by atoms with van der Waals surface area (Å²) in [7, 11) is 2.82. The molecule has 0 saturated carbocycles. The van der Waals surface area contributed by atoms with Crippen molar-refractivity contribution in [2.24, 2.45) is 5.10 Å². The van der Waals surface area contributed by atoms with Gasteiger partial charge >= 0.3 is 5.97 Å². The first-order valence-corrected chi connectivity index (χ1v) is 14.6. The van der Waals surface area contributed by atoms with Gasteiger partial charge in [0.05, 0.1) is 41.5 Å². The number of para-hydroxylation sites is 1. The third-order valence-electron chi connectivity index (χ3n) is 6.68. The third-order valence-corrected chi connectivity index (χ3v) is 7.48. The van der Waals surface area contributed by atoms with Gasteiger partial charge in [-0.25, -0.2) is 9.78 Å². The Morgan fingerprint density at radius 2 is 1.83 bits per heavy atom. The normalized spacial score (nSPS) is 12.1. The molecule has 1 heterocycles. The van der Waals surface area contributed by atoms with Crippen LogP contribution in [-0.2, 0) is 9.53 Å². The number of ether oxygens (including phenoxy) is 4. The van der Waals surface area contributed by atoms with Gasteiger partial charge in [0.2, 0.25) is 0 Å². The van der Waals surface area contributed by atoms with E-state index in [1.165, 1.54) is 18.9 Å². The fourth-order valence-corrected chi connectivity index (χ4v) is 5.27. The van der Waals surface area contributed by atoms with Crippen molar-refractivity contribution in [2.45, 2.75) is 46.6 Å². The molecule has 220 valence electrons. The number of halogens is 1. The smallest absolute Gasteiger partial charge is 0.346 e. The highest BCUT2D eigenvalue weighted by atomic mass is 127. The van der Waals surface area contributed by atoms with Gasteiger partial charge in [-0.1, -0.05) is 26.0 Å². The van der Waals surface area contributed by atoms with Crippen LogP contribution in [0.3, 0.4) is 0 Å². The van der Waals surface area contributed by atoms with Crippen LogP contribution >= 0.6 is 22.6 Å². The first-order valence-electron chi connectivity index (χ1n) is 13.5. The average molecular weight is 684 g/mol. The molecule has 1 aromatic heterocycles. The zero-order valence-corrected chi connectivity index (χ0v) is 26.9. The van der Waals surface area contributed by atoms with E-state index < -0.39 is 12.1 Å². The summed E-state index contributed by atoms with van der Waals surface area (Å²) < 4.78 is 24.1. The minimum Gasteiger partial charge on any atom is -0.494 e. The van der Waals surface area contributed by atoms with E-state index in [1.54, 1.807) is 31.3 Å². The number of hydrogen-bond donors (Lipinski definition) is 0. The number of aryl methyl sites for hydroxylation is 1. The molecule has 10 heteroatoms. The van der Waals surface area contributed by atoms with Crippen molar-refractivity contribution >= 4 is 45.7 Å². The van der Waals surface area contributed by atoms with E-state index >= 15 is 0 Å². The second kappa shape index (κ2) is 13.4. The number of rotatable bonds is 10. The second-order valence-electron chi connectivity index (χ2n) is 9.92. The van der Waals surface area contributed by atoms with Crippen molar-refractivity contribution in [1.82, 2.24) is 9.66 Å². The number of nitrogens with zero attached hydrogens (tertiary/aromatic N) is 3. The van der Waals surface area contributed by atoms with Crippen molar-refractivity contribution in [1.29, 1.82) is 0 Å². The lowest BCUT2D eigenvalue weighted by atomic mass is 9.96. The molecule has 42 heavy (non-hydrogen) atoms. The summed E-state index contributed by atoms with van der Waals surface area (Å²) in [4.78, 5) is 30.6. The summed E-state index contributed by atoms with van der Waals surface area (Å²) in [6.45, 7) is 10.3. The predicted octanol–water partition coefficient (Wildman–Crippen LogP) is 6.33. The molecule has 0 aliphatic carbocycles. The lowest BCUT2D eigenvalue weighted by Crippen LogP contribution is -2.25. The summed E-state index contributed by atoms with van der Waals surface area (Å²) in [5.74, 6) is 1.74. The predicted molar refractivity (Wildman–Crippen MR) is 172 cm³/mol. The van der Waals surface area contributed by atoms with Gasteiger partial charge in [-0.2, -0.15) is 9.78 Å². The van der Waals surface area contributed by atoms with E-state index in [0.717, 1.165) is 22.4 Å². The summed E-state index contributed by atoms with van der Waals surface area (Å²) in [5, 5.41) is 5.09. The molecular formula is C32H34IN3O6. The molecule has 0 unspecified atom stereocenters. The summed E-state index contributed by atoms with van der Waals surface area (Å²) in [6.07, 6.45) is 0.752. The molecule has 0 saturated heterocycles. The Morgan fingerprint density at radius 3 is 2.50 bits per heavy atom. The summed E-state index contributed by atoms with van der Waals surface area (Å²) >= 11 is 2.10. The van der Waals surface area contributed by atoms with E-state index in [4.69, 9.17) is 23.9 Å². The van der Waals surface area contributed by atoms with E-state index in [-0.39, 0.29) is 11.5 Å². The zero-order valence-electron chi connectivity index (χ0n) is 24.7. The molecule has 1 atom stereocenters. The molecule has 0 amide bonds. The molecule has 4 rings (SSSR count). The maximum Gasteiger partial charge on any atom is 0.346 e. The SMILES string of the molecule is CCOc1cc(C)c(-c2nc3ccccc3c(=O)n2N=Cc2cc(I)c(O[C@@H](C)C(=O)OC)c(OC)c2)cc1C(C)C. The van der Waals surface area contributed by atoms with Gasteiger partial charge in [0.25, 0.3) is 5.56 Å². The first kappa shape index (κ1) is 31.0. The van der Waals surface area contributed by atoms with Crippen LogP contribution in [0.2, 0.25) is 0 Å². The Labute approximate surface area is 258 Å².